The number of nitrogens with one attached hydrogen (secondary N) is 1. The van der Waals surface area contributed by atoms with Crippen LogP contribution in [0.1, 0.15) is 65.3 Å². The minimum Gasteiger partial charge on any atom is -0.348 e. The number of amides is 3. The van der Waals surface area contributed by atoms with E-state index in [1.54, 1.807) is 14.5 Å². The second-order valence-corrected chi connectivity index (χ2v) is 9.50. The molecule has 2 aliphatic heterocycles. The molecule has 1 aromatic carbocycles. The summed E-state index contributed by atoms with van der Waals surface area (Å²) < 4.78 is 1.77. The molecule has 0 spiro atoms. The molecule has 33 heavy (non-hydrogen) atoms. The number of carbonyl (C=O) groups excluding carboxylic acids is 3. The van der Waals surface area contributed by atoms with E-state index in [2.05, 4.69) is 10.4 Å². The van der Waals surface area contributed by atoms with E-state index in [1.807, 2.05) is 37.4 Å². The lowest BCUT2D eigenvalue weighted by Gasteiger charge is -2.29. The first-order chi connectivity index (χ1) is 16.0. The Bertz CT molecular complexity index is 1060. The van der Waals surface area contributed by atoms with Crippen molar-refractivity contribution in [3.63, 3.8) is 0 Å². The Morgan fingerprint density at radius 2 is 1.91 bits per heavy atom. The van der Waals surface area contributed by atoms with Crippen molar-refractivity contribution in [3.05, 3.63) is 52.8 Å². The van der Waals surface area contributed by atoms with E-state index in [0.29, 0.717) is 38.2 Å². The lowest BCUT2D eigenvalue weighted by molar-refractivity contribution is -0.139. The van der Waals surface area contributed by atoms with Crippen LogP contribution in [-0.4, -0.2) is 63.0 Å². The van der Waals surface area contributed by atoms with Crippen LogP contribution in [-0.2, 0) is 29.6 Å². The predicted molar refractivity (Wildman–Crippen MR) is 122 cm³/mol. The third-order valence-electron chi connectivity index (χ3n) is 7.31. The molecule has 1 aromatic heterocycles. The average Bonchev–Trinajstić information content (AvgIpc) is 3.54. The third kappa shape index (κ3) is 4.38. The van der Waals surface area contributed by atoms with Crippen LogP contribution in [0.3, 0.4) is 0 Å². The molecule has 1 unspecified atom stereocenters. The Balaban J connectivity index is 1.25. The van der Waals surface area contributed by atoms with Gasteiger partial charge < -0.3 is 15.1 Å². The number of fused-ring (bicyclic) bond motifs is 1. The van der Waals surface area contributed by atoms with E-state index >= 15 is 0 Å². The molecule has 8 heteroatoms. The van der Waals surface area contributed by atoms with E-state index in [0.717, 1.165) is 42.5 Å². The number of hydrogen-bond acceptors (Lipinski definition) is 4. The van der Waals surface area contributed by atoms with Gasteiger partial charge in [-0.1, -0.05) is 43.2 Å². The van der Waals surface area contributed by atoms with Gasteiger partial charge in [0.15, 0.2) is 5.69 Å². The number of likely N-dealkylation sites (tertiary alicyclic amines) is 1. The normalized spacial score (nSPS) is 20.9. The molecule has 1 saturated heterocycles. The largest absolute Gasteiger partial charge is 0.348 e. The number of hydrogen-bond donors (Lipinski definition) is 1. The molecule has 8 nitrogen and oxygen atoms in total. The van der Waals surface area contributed by atoms with Gasteiger partial charge in [-0.15, -0.1) is 0 Å². The number of aryl methyl sites for hydroxylation is 1. The summed E-state index contributed by atoms with van der Waals surface area (Å²) in [6.45, 7) is 1.58. The topological polar surface area (TPSA) is 87.5 Å². The van der Waals surface area contributed by atoms with E-state index in [4.69, 9.17) is 0 Å². The smallest absolute Gasteiger partial charge is 0.272 e. The lowest BCUT2D eigenvalue weighted by atomic mass is 9.99. The fourth-order valence-electron chi connectivity index (χ4n) is 5.45. The third-order valence-corrected chi connectivity index (χ3v) is 7.31. The van der Waals surface area contributed by atoms with E-state index in [-0.39, 0.29) is 36.2 Å². The van der Waals surface area contributed by atoms with Crippen LogP contribution in [0, 0.1) is 0 Å². The summed E-state index contributed by atoms with van der Waals surface area (Å²) in [4.78, 5) is 42.0. The molecule has 5 rings (SSSR count). The van der Waals surface area contributed by atoms with Crippen molar-refractivity contribution in [2.75, 3.05) is 19.6 Å². The van der Waals surface area contributed by atoms with E-state index < -0.39 is 0 Å². The maximum absolute atomic E-state index is 13.1. The zero-order valence-electron chi connectivity index (χ0n) is 19.1. The van der Waals surface area contributed by atoms with Crippen LogP contribution in [0.15, 0.2) is 30.3 Å². The fourth-order valence-corrected chi connectivity index (χ4v) is 5.45. The van der Waals surface area contributed by atoms with Crippen LogP contribution < -0.4 is 5.32 Å². The maximum Gasteiger partial charge on any atom is 0.272 e. The second-order valence-electron chi connectivity index (χ2n) is 9.50. The number of benzene rings is 1. The lowest BCUT2D eigenvalue weighted by Crippen LogP contribution is -2.43. The SMILES string of the molecule is Cn1nc(C(=O)NC2CCCC2)c2c1CCN(C(=O)CN1CC(c3ccccc3)CC1=O)C2. The Labute approximate surface area is 193 Å². The Morgan fingerprint density at radius 1 is 1.15 bits per heavy atom. The van der Waals surface area contributed by atoms with Crippen LogP contribution >= 0.6 is 0 Å². The number of carbonyl (C=O) groups is 3. The Hall–Kier alpha value is -3.16. The second kappa shape index (κ2) is 9.00. The molecular weight excluding hydrogens is 418 g/mol. The van der Waals surface area contributed by atoms with Gasteiger partial charge in [-0.05, 0) is 18.4 Å². The first-order valence-corrected chi connectivity index (χ1v) is 12.0. The molecule has 1 aliphatic carbocycles. The quantitative estimate of drug-likeness (QED) is 0.756. The summed E-state index contributed by atoms with van der Waals surface area (Å²) in [6, 6.07) is 10.2. The fraction of sp³-hybridized carbons (Fsp3) is 0.520. The van der Waals surface area contributed by atoms with Crippen LogP contribution in [0.4, 0.5) is 0 Å². The summed E-state index contributed by atoms with van der Waals surface area (Å²) in [7, 11) is 1.86. The monoisotopic (exact) mass is 449 g/mol. The first kappa shape index (κ1) is 21.7. The highest BCUT2D eigenvalue weighted by atomic mass is 16.2. The number of aromatic nitrogens is 2. The first-order valence-electron chi connectivity index (χ1n) is 12.0. The van der Waals surface area contributed by atoms with Gasteiger partial charge in [0, 0.05) is 62.7 Å². The summed E-state index contributed by atoms with van der Waals surface area (Å²) in [6.07, 6.45) is 5.41. The van der Waals surface area contributed by atoms with Gasteiger partial charge in [0.2, 0.25) is 11.8 Å². The zero-order chi connectivity index (χ0) is 22.9. The van der Waals surface area contributed by atoms with Crippen molar-refractivity contribution in [1.82, 2.24) is 24.9 Å². The summed E-state index contributed by atoms with van der Waals surface area (Å²) in [5, 5.41) is 7.61. The zero-order valence-corrected chi connectivity index (χ0v) is 19.1. The summed E-state index contributed by atoms with van der Waals surface area (Å²) >= 11 is 0. The van der Waals surface area contributed by atoms with Crippen molar-refractivity contribution in [3.8, 4) is 0 Å². The molecule has 2 aromatic rings. The standard InChI is InChI=1S/C25H31N5O3/c1-28-21-11-12-29(15-20(21)24(27-28)25(33)26-19-9-5-6-10-19)23(32)16-30-14-18(13-22(30)31)17-7-3-2-4-8-17/h2-4,7-8,18-19H,5-6,9-16H2,1H3,(H,26,33). The molecule has 1 saturated carbocycles. The van der Waals surface area contributed by atoms with Gasteiger partial charge in [0.25, 0.3) is 5.91 Å². The molecule has 2 fully saturated rings. The number of nitrogens with zero attached hydrogens (tertiary/aromatic N) is 4. The summed E-state index contributed by atoms with van der Waals surface area (Å²) in [5.41, 5.74) is 3.41. The van der Waals surface area contributed by atoms with Crippen molar-refractivity contribution in [2.45, 2.75) is 57.0 Å². The van der Waals surface area contributed by atoms with Gasteiger partial charge in [-0.2, -0.15) is 5.10 Å². The highest BCUT2D eigenvalue weighted by Crippen LogP contribution is 2.29. The van der Waals surface area contributed by atoms with Crippen LogP contribution in [0.5, 0.6) is 0 Å². The summed E-state index contributed by atoms with van der Waals surface area (Å²) in [5.74, 6) is -0.0706. The molecule has 1 atom stereocenters. The van der Waals surface area contributed by atoms with Gasteiger partial charge in [-0.25, -0.2) is 0 Å². The van der Waals surface area contributed by atoms with Gasteiger partial charge in [0.1, 0.15) is 0 Å². The van der Waals surface area contributed by atoms with Crippen molar-refractivity contribution in [1.29, 1.82) is 0 Å². The Morgan fingerprint density at radius 3 is 2.67 bits per heavy atom. The van der Waals surface area contributed by atoms with E-state index in [1.165, 1.54) is 0 Å². The average molecular weight is 450 g/mol. The molecule has 0 bridgehead atoms. The Kier molecular flexibility index (Phi) is 5.91. The number of rotatable bonds is 5. The highest BCUT2D eigenvalue weighted by Gasteiger charge is 2.35. The molecule has 174 valence electrons. The van der Waals surface area contributed by atoms with Crippen molar-refractivity contribution >= 4 is 17.7 Å². The minimum atomic E-state index is -0.145. The van der Waals surface area contributed by atoms with Gasteiger partial charge in [0.05, 0.1) is 6.54 Å². The predicted octanol–water partition coefficient (Wildman–Crippen LogP) is 1.99. The highest BCUT2D eigenvalue weighted by molar-refractivity contribution is 5.94. The molecule has 3 heterocycles. The molecule has 0 radical (unpaired) electrons. The molecule has 1 N–H and O–H groups in total. The van der Waals surface area contributed by atoms with Gasteiger partial charge >= 0.3 is 0 Å². The van der Waals surface area contributed by atoms with Crippen molar-refractivity contribution < 1.29 is 14.4 Å². The molecule has 3 amide bonds. The minimum absolute atomic E-state index is 0.0212. The van der Waals surface area contributed by atoms with Crippen LogP contribution in [0.2, 0.25) is 0 Å². The van der Waals surface area contributed by atoms with Crippen molar-refractivity contribution in [2.24, 2.45) is 7.05 Å². The maximum atomic E-state index is 13.1. The molecule has 3 aliphatic rings. The van der Waals surface area contributed by atoms with Gasteiger partial charge in [-0.3, -0.25) is 19.1 Å². The van der Waals surface area contributed by atoms with Crippen LogP contribution in [0.25, 0.3) is 0 Å². The molecular formula is C25H31N5O3. The van der Waals surface area contributed by atoms with E-state index in [9.17, 15) is 14.4 Å².